The van der Waals surface area contributed by atoms with Crippen LogP contribution in [0.5, 0.6) is 0 Å². The second-order valence-electron chi connectivity index (χ2n) is 5.21. The van der Waals surface area contributed by atoms with Crippen LogP contribution in [0.3, 0.4) is 0 Å². The number of benzene rings is 1. The Morgan fingerprint density at radius 2 is 2.26 bits per heavy atom. The molecule has 1 atom stereocenters. The summed E-state index contributed by atoms with van der Waals surface area (Å²) in [4.78, 5) is 0. The van der Waals surface area contributed by atoms with Gasteiger partial charge in [0.25, 0.3) is 0 Å². The van der Waals surface area contributed by atoms with E-state index >= 15 is 0 Å². The van der Waals surface area contributed by atoms with Crippen molar-refractivity contribution in [2.45, 2.75) is 32.2 Å². The van der Waals surface area contributed by atoms with Crippen molar-refractivity contribution in [3.05, 3.63) is 24.0 Å². The first-order valence-electron chi connectivity index (χ1n) is 6.48. The van der Waals surface area contributed by atoms with Crippen molar-refractivity contribution in [3.8, 4) is 11.4 Å². The number of tetrazole rings is 1. The van der Waals surface area contributed by atoms with Gasteiger partial charge in [0.15, 0.2) is 5.82 Å². The van der Waals surface area contributed by atoms with Gasteiger partial charge in [0.2, 0.25) is 0 Å². The fourth-order valence-electron chi connectivity index (χ4n) is 2.32. The summed E-state index contributed by atoms with van der Waals surface area (Å²) in [5.41, 5.74) is 6.56. The van der Waals surface area contributed by atoms with Gasteiger partial charge in [-0.15, -0.1) is 5.10 Å². The van der Waals surface area contributed by atoms with Crippen LogP contribution < -0.4 is 5.73 Å². The zero-order valence-electron chi connectivity index (χ0n) is 10.8. The molecular formula is C13H16FN5. The minimum Gasteiger partial charge on any atom is -0.399 e. The van der Waals surface area contributed by atoms with Crippen molar-refractivity contribution < 1.29 is 4.39 Å². The van der Waals surface area contributed by atoms with Crippen molar-refractivity contribution in [1.82, 2.24) is 20.2 Å². The van der Waals surface area contributed by atoms with E-state index in [2.05, 4.69) is 22.4 Å². The van der Waals surface area contributed by atoms with E-state index in [1.807, 2.05) is 0 Å². The van der Waals surface area contributed by atoms with Gasteiger partial charge in [-0.3, -0.25) is 0 Å². The van der Waals surface area contributed by atoms with E-state index in [-0.39, 0.29) is 11.9 Å². The number of aromatic nitrogens is 4. The molecule has 1 saturated carbocycles. The van der Waals surface area contributed by atoms with Crippen LogP contribution in [-0.2, 0) is 0 Å². The fourth-order valence-corrected chi connectivity index (χ4v) is 2.32. The van der Waals surface area contributed by atoms with Gasteiger partial charge in [0.1, 0.15) is 5.82 Å². The lowest BCUT2D eigenvalue weighted by Crippen LogP contribution is -2.10. The molecule has 5 nitrogen and oxygen atoms in total. The highest BCUT2D eigenvalue weighted by atomic mass is 19.1. The second-order valence-corrected chi connectivity index (χ2v) is 5.21. The molecule has 0 spiro atoms. The van der Waals surface area contributed by atoms with E-state index in [0.29, 0.717) is 17.1 Å². The largest absolute Gasteiger partial charge is 0.399 e. The Labute approximate surface area is 110 Å². The molecule has 0 aliphatic heterocycles. The van der Waals surface area contributed by atoms with E-state index in [4.69, 9.17) is 5.73 Å². The van der Waals surface area contributed by atoms with Gasteiger partial charge in [0.05, 0.1) is 11.6 Å². The summed E-state index contributed by atoms with van der Waals surface area (Å²) >= 11 is 0. The predicted octanol–water partition coefficient (Wildman–Crippen LogP) is 2.42. The first-order chi connectivity index (χ1) is 9.15. The van der Waals surface area contributed by atoms with Crippen LogP contribution in [0, 0.1) is 11.7 Å². The Morgan fingerprint density at radius 1 is 1.47 bits per heavy atom. The maximum Gasteiger partial charge on any atom is 0.185 e. The first kappa shape index (κ1) is 12.1. The molecule has 100 valence electrons. The van der Waals surface area contributed by atoms with E-state index in [1.165, 1.54) is 25.0 Å². The van der Waals surface area contributed by atoms with Crippen LogP contribution in [0.2, 0.25) is 0 Å². The quantitative estimate of drug-likeness (QED) is 0.858. The number of nitrogens with two attached hydrogens (primary N) is 1. The van der Waals surface area contributed by atoms with E-state index in [1.54, 1.807) is 10.7 Å². The molecule has 0 amide bonds. The predicted molar refractivity (Wildman–Crippen MR) is 69.7 cm³/mol. The Hall–Kier alpha value is -1.98. The summed E-state index contributed by atoms with van der Waals surface area (Å²) in [5, 5.41) is 11.6. The van der Waals surface area contributed by atoms with Crippen molar-refractivity contribution in [1.29, 1.82) is 0 Å². The van der Waals surface area contributed by atoms with Crippen molar-refractivity contribution >= 4 is 5.69 Å². The molecular weight excluding hydrogens is 245 g/mol. The van der Waals surface area contributed by atoms with Crippen LogP contribution in [0.4, 0.5) is 10.1 Å². The Morgan fingerprint density at radius 3 is 3.00 bits per heavy atom. The smallest absolute Gasteiger partial charge is 0.185 e. The lowest BCUT2D eigenvalue weighted by Gasteiger charge is -2.13. The highest BCUT2D eigenvalue weighted by molar-refractivity contribution is 5.61. The maximum absolute atomic E-state index is 13.9. The number of rotatable bonds is 4. The third-order valence-electron chi connectivity index (χ3n) is 3.51. The van der Waals surface area contributed by atoms with Crippen molar-refractivity contribution in [2.24, 2.45) is 5.92 Å². The fraction of sp³-hybridized carbons (Fsp3) is 0.462. The summed E-state index contributed by atoms with van der Waals surface area (Å²) in [6, 6.07) is 4.61. The topological polar surface area (TPSA) is 69.6 Å². The van der Waals surface area contributed by atoms with Gasteiger partial charge in [-0.2, -0.15) is 0 Å². The minimum absolute atomic E-state index is 0.165. The van der Waals surface area contributed by atoms with Crippen LogP contribution in [0.15, 0.2) is 18.2 Å². The highest BCUT2D eigenvalue weighted by Crippen LogP contribution is 2.37. The molecule has 19 heavy (non-hydrogen) atoms. The van der Waals surface area contributed by atoms with Gasteiger partial charge < -0.3 is 5.73 Å². The molecule has 3 rings (SSSR count). The maximum atomic E-state index is 13.9. The highest BCUT2D eigenvalue weighted by Gasteiger charge is 2.26. The third-order valence-corrected chi connectivity index (χ3v) is 3.51. The standard InChI is InChI=1S/C13H16FN5/c1-8(6-9-2-3-9)19-13(16-17-18-19)11-7-10(15)4-5-12(11)14/h4-5,7-9H,2-3,6,15H2,1H3. The summed E-state index contributed by atoms with van der Waals surface area (Å²) in [7, 11) is 0. The van der Waals surface area contributed by atoms with E-state index in [0.717, 1.165) is 12.3 Å². The number of hydrogen-bond acceptors (Lipinski definition) is 4. The molecule has 1 heterocycles. The Balaban J connectivity index is 1.96. The molecule has 1 aliphatic carbocycles. The number of halogens is 1. The molecule has 2 N–H and O–H groups in total. The van der Waals surface area contributed by atoms with Crippen LogP contribution in [0.25, 0.3) is 11.4 Å². The van der Waals surface area contributed by atoms with Gasteiger partial charge in [-0.05, 0) is 47.9 Å². The molecule has 0 radical (unpaired) electrons. The Bertz CT molecular complexity index is 590. The average molecular weight is 261 g/mol. The molecule has 0 bridgehead atoms. The zero-order valence-corrected chi connectivity index (χ0v) is 10.8. The molecule has 1 aromatic heterocycles. The average Bonchev–Trinajstić information content (AvgIpc) is 3.06. The van der Waals surface area contributed by atoms with Crippen LogP contribution in [0.1, 0.15) is 32.2 Å². The van der Waals surface area contributed by atoms with Crippen LogP contribution >= 0.6 is 0 Å². The molecule has 1 fully saturated rings. The van der Waals surface area contributed by atoms with Crippen molar-refractivity contribution in [3.63, 3.8) is 0 Å². The number of anilines is 1. The molecule has 2 aromatic rings. The second kappa shape index (κ2) is 4.60. The Kier molecular flexibility index (Phi) is 2.93. The normalized spacial score (nSPS) is 16.5. The minimum atomic E-state index is -0.358. The molecule has 6 heteroatoms. The molecule has 1 aliphatic rings. The van der Waals surface area contributed by atoms with Gasteiger partial charge in [-0.25, -0.2) is 9.07 Å². The van der Waals surface area contributed by atoms with Gasteiger partial charge in [-0.1, -0.05) is 12.8 Å². The van der Waals surface area contributed by atoms with Crippen LogP contribution in [-0.4, -0.2) is 20.2 Å². The first-order valence-corrected chi connectivity index (χ1v) is 6.48. The van der Waals surface area contributed by atoms with E-state index in [9.17, 15) is 4.39 Å². The number of hydrogen-bond donors (Lipinski definition) is 1. The zero-order chi connectivity index (χ0) is 13.4. The lowest BCUT2D eigenvalue weighted by atomic mass is 10.1. The summed E-state index contributed by atoms with van der Waals surface area (Å²) in [6.07, 6.45) is 3.57. The third kappa shape index (κ3) is 2.43. The lowest BCUT2D eigenvalue weighted by molar-refractivity contribution is 0.429. The summed E-state index contributed by atoms with van der Waals surface area (Å²) in [6.45, 7) is 2.06. The van der Waals surface area contributed by atoms with Crippen molar-refractivity contribution in [2.75, 3.05) is 5.73 Å². The summed E-state index contributed by atoms with van der Waals surface area (Å²) in [5.74, 6) is 0.847. The molecule has 1 aromatic carbocycles. The summed E-state index contributed by atoms with van der Waals surface area (Å²) < 4.78 is 15.6. The van der Waals surface area contributed by atoms with Gasteiger partial charge in [0, 0.05) is 5.69 Å². The number of nitrogens with zero attached hydrogens (tertiary/aromatic N) is 4. The molecule has 0 saturated heterocycles. The monoisotopic (exact) mass is 261 g/mol. The SMILES string of the molecule is CC(CC1CC1)n1nnnc1-c1cc(N)ccc1F. The number of nitrogen functional groups attached to an aromatic ring is 1. The van der Waals surface area contributed by atoms with Gasteiger partial charge >= 0.3 is 0 Å². The van der Waals surface area contributed by atoms with E-state index < -0.39 is 0 Å². The molecule has 1 unspecified atom stereocenters.